The van der Waals surface area contributed by atoms with Crippen LogP contribution in [0.3, 0.4) is 0 Å². The highest BCUT2D eigenvalue weighted by molar-refractivity contribution is 7.81. The zero-order chi connectivity index (χ0) is 13.1. The summed E-state index contributed by atoms with van der Waals surface area (Å²) in [7, 11) is 4.10. The highest BCUT2D eigenvalue weighted by Crippen LogP contribution is 2.23. The summed E-state index contributed by atoms with van der Waals surface area (Å²) < 4.78 is 0. The topological polar surface area (TPSA) is 23.6 Å². The Morgan fingerprint density at radius 3 is 2.56 bits per heavy atom. The third-order valence-electron chi connectivity index (χ3n) is 3.40. The maximum atomic E-state index is 11.8. The first-order valence-corrected chi connectivity index (χ1v) is 6.77. The van der Waals surface area contributed by atoms with E-state index in [4.69, 9.17) is 0 Å². The van der Waals surface area contributed by atoms with Crippen LogP contribution in [-0.4, -0.2) is 48.1 Å². The Labute approximate surface area is 114 Å². The summed E-state index contributed by atoms with van der Waals surface area (Å²) in [6.45, 7) is 1.51. The van der Waals surface area contributed by atoms with Crippen molar-refractivity contribution in [2.75, 3.05) is 27.2 Å². The molecule has 0 aromatic heterocycles. The van der Waals surface area contributed by atoms with E-state index in [1.807, 2.05) is 23.1 Å². The van der Waals surface area contributed by atoms with Gasteiger partial charge in [0.1, 0.15) is 0 Å². The summed E-state index contributed by atoms with van der Waals surface area (Å²) >= 11 is 4.40. The van der Waals surface area contributed by atoms with Gasteiger partial charge in [0.15, 0.2) is 0 Å². The van der Waals surface area contributed by atoms with Crippen LogP contribution in [0.5, 0.6) is 0 Å². The number of likely N-dealkylation sites (tertiary alicyclic amines) is 1. The molecular formula is C14H20N2OS. The fourth-order valence-electron chi connectivity index (χ4n) is 2.38. The molecule has 2 rings (SSSR count). The van der Waals surface area contributed by atoms with Crippen molar-refractivity contribution in [3.63, 3.8) is 0 Å². The normalized spacial score (nSPS) is 21.7. The average Bonchev–Trinajstić information content (AvgIpc) is 2.65. The fraction of sp³-hybridized carbons (Fsp3) is 0.500. The predicted molar refractivity (Wildman–Crippen MR) is 76.8 cm³/mol. The fourth-order valence-corrected chi connectivity index (χ4v) is 2.73. The lowest BCUT2D eigenvalue weighted by molar-refractivity contribution is -0.128. The van der Waals surface area contributed by atoms with Gasteiger partial charge in [-0.2, -0.15) is 12.6 Å². The van der Waals surface area contributed by atoms with E-state index in [0.29, 0.717) is 6.42 Å². The van der Waals surface area contributed by atoms with E-state index in [-0.39, 0.29) is 17.2 Å². The van der Waals surface area contributed by atoms with E-state index in [1.165, 1.54) is 5.56 Å². The molecule has 3 nitrogen and oxygen atoms in total. The van der Waals surface area contributed by atoms with Crippen LogP contribution in [0.1, 0.15) is 18.0 Å². The molecule has 0 radical (unpaired) electrons. The van der Waals surface area contributed by atoms with E-state index in [2.05, 4.69) is 43.8 Å². The molecule has 2 atom stereocenters. The lowest BCUT2D eigenvalue weighted by Crippen LogP contribution is -2.35. The van der Waals surface area contributed by atoms with Crippen LogP contribution in [-0.2, 0) is 4.79 Å². The van der Waals surface area contributed by atoms with Gasteiger partial charge < -0.3 is 9.80 Å². The van der Waals surface area contributed by atoms with Crippen LogP contribution < -0.4 is 0 Å². The summed E-state index contributed by atoms with van der Waals surface area (Å²) in [5.74, 6) is 0.220. The molecule has 1 heterocycles. The van der Waals surface area contributed by atoms with Crippen molar-refractivity contribution in [3.05, 3.63) is 35.9 Å². The Balaban J connectivity index is 2.10. The van der Waals surface area contributed by atoms with Crippen LogP contribution >= 0.6 is 12.6 Å². The minimum atomic E-state index is 0.191. The van der Waals surface area contributed by atoms with Gasteiger partial charge in [-0.15, -0.1) is 0 Å². The minimum absolute atomic E-state index is 0.191. The molecule has 1 fully saturated rings. The van der Waals surface area contributed by atoms with Gasteiger partial charge >= 0.3 is 0 Å². The number of amides is 1. The number of rotatable bonds is 4. The first-order valence-electron chi connectivity index (χ1n) is 6.25. The molecule has 0 bridgehead atoms. The van der Waals surface area contributed by atoms with E-state index in [0.717, 1.165) is 13.1 Å². The van der Waals surface area contributed by atoms with Crippen LogP contribution in [0.15, 0.2) is 30.3 Å². The second kappa shape index (κ2) is 5.76. The van der Waals surface area contributed by atoms with Crippen molar-refractivity contribution in [2.45, 2.75) is 17.7 Å². The number of carbonyl (C=O) groups excluding carboxylic acids is 1. The molecule has 0 N–H and O–H groups in total. The number of thiol groups is 1. The Bertz CT molecular complexity index is 408. The quantitative estimate of drug-likeness (QED) is 0.839. The Hall–Kier alpha value is -1.00. The zero-order valence-corrected chi connectivity index (χ0v) is 11.8. The third-order valence-corrected chi connectivity index (χ3v) is 3.74. The molecule has 1 aromatic rings. The van der Waals surface area contributed by atoms with Gasteiger partial charge in [-0.3, -0.25) is 4.79 Å². The van der Waals surface area contributed by atoms with Crippen LogP contribution in [0.4, 0.5) is 0 Å². The van der Waals surface area contributed by atoms with Crippen molar-refractivity contribution >= 4 is 18.5 Å². The number of likely N-dealkylation sites (N-methyl/N-ethyl adjacent to an activating group) is 1. The average molecular weight is 264 g/mol. The van der Waals surface area contributed by atoms with Gasteiger partial charge in [0, 0.05) is 24.8 Å². The summed E-state index contributed by atoms with van der Waals surface area (Å²) in [5.41, 5.74) is 1.25. The lowest BCUT2D eigenvalue weighted by atomic mass is 10.1. The summed E-state index contributed by atoms with van der Waals surface area (Å²) in [4.78, 5) is 15.9. The molecule has 0 spiro atoms. The maximum Gasteiger partial charge on any atom is 0.223 e. The minimum Gasteiger partial charge on any atom is -0.340 e. The highest BCUT2D eigenvalue weighted by Gasteiger charge is 2.29. The standard InChI is InChI=1S/C14H20N2OS/c1-15(2)13(11-6-4-3-5-7-11)10-16-9-12(18)8-14(16)17/h3-7,12-13,18H,8-10H2,1-2H3. The van der Waals surface area contributed by atoms with E-state index in [1.54, 1.807) is 0 Å². The molecule has 2 unspecified atom stereocenters. The highest BCUT2D eigenvalue weighted by atomic mass is 32.1. The van der Waals surface area contributed by atoms with Crippen molar-refractivity contribution in [3.8, 4) is 0 Å². The van der Waals surface area contributed by atoms with Gasteiger partial charge in [0.05, 0.1) is 6.04 Å². The maximum absolute atomic E-state index is 11.8. The number of nitrogens with zero attached hydrogens (tertiary/aromatic N) is 2. The Morgan fingerprint density at radius 2 is 2.06 bits per heavy atom. The number of carbonyl (C=O) groups is 1. The molecule has 1 aliphatic rings. The van der Waals surface area contributed by atoms with E-state index < -0.39 is 0 Å². The van der Waals surface area contributed by atoms with Gasteiger partial charge in [-0.25, -0.2) is 0 Å². The number of hydrogen-bond donors (Lipinski definition) is 1. The Morgan fingerprint density at radius 1 is 1.39 bits per heavy atom. The summed E-state index contributed by atoms with van der Waals surface area (Å²) in [5, 5.41) is 0.191. The number of hydrogen-bond acceptors (Lipinski definition) is 3. The molecule has 1 aromatic carbocycles. The lowest BCUT2D eigenvalue weighted by Gasteiger charge is -2.29. The van der Waals surface area contributed by atoms with Crippen molar-refractivity contribution in [1.82, 2.24) is 9.80 Å². The zero-order valence-electron chi connectivity index (χ0n) is 10.9. The van der Waals surface area contributed by atoms with Crippen LogP contribution in [0.2, 0.25) is 0 Å². The SMILES string of the molecule is CN(C)C(CN1CC(S)CC1=O)c1ccccc1. The van der Waals surface area contributed by atoms with Gasteiger partial charge in [-0.05, 0) is 19.7 Å². The van der Waals surface area contributed by atoms with Gasteiger partial charge in [0.2, 0.25) is 5.91 Å². The summed E-state index contributed by atoms with van der Waals surface area (Å²) in [6, 6.07) is 10.6. The molecule has 98 valence electrons. The first-order chi connectivity index (χ1) is 8.58. The van der Waals surface area contributed by atoms with Gasteiger partial charge in [0.25, 0.3) is 0 Å². The van der Waals surface area contributed by atoms with Gasteiger partial charge in [-0.1, -0.05) is 30.3 Å². The number of benzene rings is 1. The molecule has 4 heteroatoms. The predicted octanol–water partition coefficient (Wildman–Crippen LogP) is 1.82. The van der Waals surface area contributed by atoms with Crippen molar-refractivity contribution < 1.29 is 4.79 Å². The smallest absolute Gasteiger partial charge is 0.223 e. The molecule has 18 heavy (non-hydrogen) atoms. The van der Waals surface area contributed by atoms with Crippen molar-refractivity contribution in [1.29, 1.82) is 0 Å². The Kier molecular flexibility index (Phi) is 4.30. The second-order valence-corrected chi connectivity index (χ2v) is 5.78. The summed E-state index contributed by atoms with van der Waals surface area (Å²) in [6.07, 6.45) is 0.568. The molecular weight excluding hydrogens is 244 g/mol. The van der Waals surface area contributed by atoms with Crippen molar-refractivity contribution in [2.24, 2.45) is 0 Å². The van der Waals surface area contributed by atoms with Crippen LogP contribution in [0, 0.1) is 0 Å². The molecule has 0 aliphatic carbocycles. The monoisotopic (exact) mass is 264 g/mol. The van der Waals surface area contributed by atoms with E-state index in [9.17, 15) is 4.79 Å². The van der Waals surface area contributed by atoms with Crippen LogP contribution in [0.25, 0.3) is 0 Å². The molecule has 0 saturated carbocycles. The first kappa shape index (κ1) is 13.4. The molecule has 1 amide bonds. The molecule has 1 aliphatic heterocycles. The largest absolute Gasteiger partial charge is 0.340 e. The molecule has 1 saturated heterocycles. The third kappa shape index (κ3) is 3.06. The van der Waals surface area contributed by atoms with E-state index >= 15 is 0 Å². The second-order valence-electron chi connectivity index (χ2n) is 5.05.